The summed E-state index contributed by atoms with van der Waals surface area (Å²) in [5.41, 5.74) is 1.30. The average Bonchev–Trinajstić information content (AvgIpc) is 2.95. The number of nitrogens with one attached hydrogen (secondary N) is 2. The molecule has 146 valence electrons. The average molecular weight is 380 g/mol. The van der Waals surface area contributed by atoms with Gasteiger partial charge in [0.05, 0.1) is 11.1 Å². The zero-order chi connectivity index (χ0) is 20.1. The number of imide groups is 1. The summed E-state index contributed by atoms with van der Waals surface area (Å²) in [6, 6.07) is 11.9. The molecule has 0 atom stereocenters. The van der Waals surface area contributed by atoms with Crippen LogP contribution in [-0.4, -0.2) is 17.7 Å². The molecule has 0 spiro atoms. The molecule has 6 heteroatoms. The Balaban J connectivity index is 1.72. The van der Waals surface area contributed by atoms with Crippen molar-refractivity contribution in [3.8, 4) is 11.5 Å². The van der Waals surface area contributed by atoms with Gasteiger partial charge in [0.25, 0.3) is 11.8 Å². The number of benzene rings is 2. The van der Waals surface area contributed by atoms with Crippen molar-refractivity contribution in [1.82, 2.24) is 5.32 Å². The number of amides is 3. The topological polar surface area (TPSA) is 84.5 Å². The number of carbonyl (C=O) groups excluding carboxylic acids is 3. The summed E-state index contributed by atoms with van der Waals surface area (Å²) in [6.45, 7) is 4.16. The highest BCUT2D eigenvalue weighted by Gasteiger charge is 2.27. The van der Waals surface area contributed by atoms with Gasteiger partial charge in [-0.25, -0.2) is 0 Å². The third-order valence-corrected chi connectivity index (χ3v) is 4.69. The van der Waals surface area contributed by atoms with E-state index in [-0.39, 0.29) is 11.8 Å². The Morgan fingerprint density at radius 1 is 0.964 bits per heavy atom. The summed E-state index contributed by atoms with van der Waals surface area (Å²) in [4.78, 5) is 35.9. The molecule has 6 nitrogen and oxygen atoms in total. The van der Waals surface area contributed by atoms with Crippen molar-refractivity contribution in [3.05, 3.63) is 53.6 Å². The first-order valence-electron chi connectivity index (χ1n) is 9.60. The molecule has 28 heavy (non-hydrogen) atoms. The summed E-state index contributed by atoms with van der Waals surface area (Å²) in [5.74, 6) is 0.183. The quantitative estimate of drug-likeness (QED) is 0.660. The second kappa shape index (κ2) is 8.69. The van der Waals surface area contributed by atoms with Gasteiger partial charge in [0, 0.05) is 17.7 Å². The number of hydrogen-bond donors (Lipinski definition) is 2. The van der Waals surface area contributed by atoms with Gasteiger partial charge in [-0.3, -0.25) is 19.7 Å². The van der Waals surface area contributed by atoms with E-state index in [4.69, 9.17) is 4.74 Å². The SMILES string of the molecule is CCCC(CCC)C(=O)Nc1cccc(Oc2ccc3c(c2)C(=O)NC3=O)c1. The Morgan fingerprint density at radius 3 is 2.36 bits per heavy atom. The van der Waals surface area contributed by atoms with E-state index in [0.29, 0.717) is 28.3 Å². The van der Waals surface area contributed by atoms with Crippen LogP contribution in [-0.2, 0) is 4.79 Å². The lowest BCUT2D eigenvalue weighted by Gasteiger charge is -2.16. The Kier molecular flexibility index (Phi) is 6.09. The lowest BCUT2D eigenvalue weighted by molar-refractivity contribution is -0.120. The molecule has 1 aliphatic rings. The first kappa shape index (κ1) is 19.6. The van der Waals surface area contributed by atoms with Gasteiger partial charge in [-0.15, -0.1) is 0 Å². The molecule has 2 aromatic rings. The molecule has 0 saturated carbocycles. The van der Waals surface area contributed by atoms with Gasteiger partial charge in [0.15, 0.2) is 0 Å². The van der Waals surface area contributed by atoms with E-state index < -0.39 is 11.8 Å². The van der Waals surface area contributed by atoms with E-state index in [0.717, 1.165) is 25.7 Å². The highest BCUT2D eigenvalue weighted by Crippen LogP contribution is 2.28. The molecule has 1 heterocycles. The maximum atomic E-state index is 12.5. The van der Waals surface area contributed by atoms with Crippen molar-refractivity contribution < 1.29 is 19.1 Å². The van der Waals surface area contributed by atoms with Crippen LogP contribution in [0, 0.1) is 5.92 Å². The van der Waals surface area contributed by atoms with Crippen LogP contribution in [0.2, 0.25) is 0 Å². The molecule has 1 aliphatic heterocycles. The molecule has 0 saturated heterocycles. The second-order valence-corrected chi connectivity index (χ2v) is 6.88. The Hall–Kier alpha value is -3.15. The third-order valence-electron chi connectivity index (χ3n) is 4.69. The monoisotopic (exact) mass is 380 g/mol. The predicted octanol–water partition coefficient (Wildman–Crippen LogP) is 4.52. The van der Waals surface area contributed by atoms with Crippen LogP contribution >= 0.6 is 0 Å². The van der Waals surface area contributed by atoms with Crippen LogP contribution in [0.25, 0.3) is 0 Å². The van der Waals surface area contributed by atoms with E-state index in [1.165, 1.54) is 0 Å². The first-order valence-corrected chi connectivity index (χ1v) is 9.60. The lowest BCUT2D eigenvalue weighted by atomic mass is 9.97. The summed E-state index contributed by atoms with van der Waals surface area (Å²) >= 11 is 0. The smallest absolute Gasteiger partial charge is 0.259 e. The van der Waals surface area contributed by atoms with Gasteiger partial charge in [0.2, 0.25) is 5.91 Å². The molecule has 2 aromatic carbocycles. The standard InChI is InChI=1S/C22H24N2O4/c1-3-6-14(7-4-2)20(25)23-15-8-5-9-16(12-15)28-17-10-11-18-19(13-17)22(27)24-21(18)26/h5,8-14H,3-4,6-7H2,1-2H3,(H,23,25)(H,24,26,27). The summed E-state index contributed by atoms with van der Waals surface area (Å²) in [6.07, 6.45) is 3.67. The number of rotatable bonds is 8. The van der Waals surface area contributed by atoms with Crippen molar-refractivity contribution >= 4 is 23.4 Å². The largest absolute Gasteiger partial charge is 0.457 e. The van der Waals surface area contributed by atoms with Gasteiger partial charge in [-0.05, 0) is 43.2 Å². The molecule has 0 aliphatic carbocycles. The molecule has 0 bridgehead atoms. The van der Waals surface area contributed by atoms with Crippen LogP contribution in [0.4, 0.5) is 5.69 Å². The third kappa shape index (κ3) is 4.39. The van der Waals surface area contributed by atoms with E-state index in [2.05, 4.69) is 24.5 Å². The minimum absolute atomic E-state index is 0.00679. The van der Waals surface area contributed by atoms with Gasteiger partial charge in [0.1, 0.15) is 11.5 Å². The van der Waals surface area contributed by atoms with Gasteiger partial charge in [-0.1, -0.05) is 32.8 Å². The molecular weight excluding hydrogens is 356 g/mol. The Labute approximate surface area is 164 Å². The minimum atomic E-state index is -0.427. The fraction of sp³-hybridized carbons (Fsp3) is 0.318. The zero-order valence-corrected chi connectivity index (χ0v) is 16.1. The van der Waals surface area contributed by atoms with Crippen molar-refractivity contribution in [2.24, 2.45) is 5.92 Å². The van der Waals surface area contributed by atoms with E-state index >= 15 is 0 Å². The first-order chi connectivity index (χ1) is 13.5. The van der Waals surface area contributed by atoms with Crippen LogP contribution in [0.15, 0.2) is 42.5 Å². The highest BCUT2D eigenvalue weighted by molar-refractivity contribution is 6.21. The normalized spacial score (nSPS) is 12.7. The molecule has 3 amide bonds. The number of fused-ring (bicyclic) bond motifs is 1. The molecule has 0 aromatic heterocycles. The summed E-state index contributed by atoms with van der Waals surface area (Å²) < 4.78 is 5.82. The number of carbonyl (C=O) groups is 3. The van der Waals surface area contributed by atoms with E-state index in [1.807, 2.05) is 6.07 Å². The van der Waals surface area contributed by atoms with E-state index in [9.17, 15) is 14.4 Å². The van der Waals surface area contributed by atoms with E-state index in [1.54, 1.807) is 36.4 Å². The number of ether oxygens (including phenoxy) is 1. The van der Waals surface area contributed by atoms with Gasteiger partial charge < -0.3 is 10.1 Å². The van der Waals surface area contributed by atoms with Crippen molar-refractivity contribution in [1.29, 1.82) is 0 Å². The van der Waals surface area contributed by atoms with Gasteiger partial charge >= 0.3 is 0 Å². The van der Waals surface area contributed by atoms with Crippen molar-refractivity contribution in [2.75, 3.05) is 5.32 Å². The predicted molar refractivity (Wildman–Crippen MR) is 107 cm³/mol. The fourth-order valence-electron chi connectivity index (χ4n) is 3.33. The molecule has 2 N–H and O–H groups in total. The Bertz CT molecular complexity index is 901. The second-order valence-electron chi connectivity index (χ2n) is 6.88. The summed E-state index contributed by atoms with van der Waals surface area (Å²) in [5, 5.41) is 5.22. The van der Waals surface area contributed by atoms with Crippen LogP contribution in [0.1, 0.15) is 60.2 Å². The molecule has 0 unspecified atom stereocenters. The molecule has 3 rings (SSSR count). The zero-order valence-electron chi connectivity index (χ0n) is 16.1. The Morgan fingerprint density at radius 2 is 1.64 bits per heavy atom. The number of anilines is 1. The lowest BCUT2D eigenvalue weighted by Crippen LogP contribution is -2.22. The molecular formula is C22H24N2O4. The van der Waals surface area contributed by atoms with Crippen LogP contribution < -0.4 is 15.4 Å². The van der Waals surface area contributed by atoms with Crippen molar-refractivity contribution in [2.45, 2.75) is 39.5 Å². The minimum Gasteiger partial charge on any atom is -0.457 e. The van der Waals surface area contributed by atoms with Crippen molar-refractivity contribution in [3.63, 3.8) is 0 Å². The van der Waals surface area contributed by atoms with Crippen LogP contribution in [0.5, 0.6) is 11.5 Å². The maximum Gasteiger partial charge on any atom is 0.259 e. The van der Waals surface area contributed by atoms with Crippen LogP contribution in [0.3, 0.4) is 0 Å². The molecule has 0 radical (unpaired) electrons. The number of hydrogen-bond acceptors (Lipinski definition) is 4. The highest BCUT2D eigenvalue weighted by atomic mass is 16.5. The summed E-state index contributed by atoms with van der Waals surface area (Å²) in [7, 11) is 0. The van der Waals surface area contributed by atoms with Gasteiger partial charge in [-0.2, -0.15) is 0 Å². The maximum absolute atomic E-state index is 12.5. The fourth-order valence-corrected chi connectivity index (χ4v) is 3.33. The molecule has 0 fully saturated rings.